The average molecular weight is 228 g/mol. The van der Waals surface area contributed by atoms with Crippen molar-refractivity contribution in [3.8, 4) is 0 Å². The van der Waals surface area contributed by atoms with Gasteiger partial charge in [-0.15, -0.1) is 0 Å². The molecule has 2 aliphatic rings. The lowest BCUT2D eigenvalue weighted by Gasteiger charge is -2.28. The van der Waals surface area contributed by atoms with Crippen LogP contribution < -0.4 is 0 Å². The molecular weight excluding hydrogens is 208 g/mol. The number of carbonyl (C=O) groups is 1. The topological polar surface area (TPSA) is 23.6 Å². The molecule has 15 heavy (non-hydrogen) atoms. The summed E-state index contributed by atoms with van der Waals surface area (Å²) in [6, 6.07) is 0.571. The van der Waals surface area contributed by atoms with Gasteiger partial charge in [0.15, 0.2) is 0 Å². The second-order valence-corrected chi connectivity index (χ2v) is 5.52. The van der Waals surface area contributed by atoms with Crippen molar-refractivity contribution in [2.45, 2.75) is 25.8 Å². The first-order valence-electron chi connectivity index (χ1n) is 5.91. The number of nitrogens with zero attached hydrogens (tertiary/aromatic N) is 2. The van der Waals surface area contributed by atoms with Gasteiger partial charge in [0.05, 0.1) is 6.54 Å². The molecular formula is C11H20N2OS. The zero-order valence-corrected chi connectivity index (χ0v) is 10.3. The van der Waals surface area contributed by atoms with Gasteiger partial charge >= 0.3 is 0 Å². The number of thioether (sulfide) groups is 1. The van der Waals surface area contributed by atoms with Gasteiger partial charge in [0.1, 0.15) is 0 Å². The minimum Gasteiger partial charge on any atom is -0.339 e. The number of amides is 1. The van der Waals surface area contributed by atoms with Crippen LogP contribution in [0, 0.1) is 0 Å². The smallest absolute Gasteiger partial charge is 0.236 e. The third-order valence-electron chi connectivity index (χ3n) is 3.11. The van der Waals surface area contributed by atoms with Crippen molar-refractivity contribution in [1.29, 1.82) is 0 Å². The molecule has 1 aliphatic carbocycles. The van der Waals surface area contributed by atoms with Crippen LogP contribution in [0.2, 0.25) is 0 Å². The van der Waals surface area contributed by atoms with Crippen LogP contribution in [0.3, 0.4) is 0 Å². The second-order valence-electron chi connectivity index (χ2n) is 4.30. The van der Waals surface area contributed by atoms with E-state index < -0.39 is 0 Å². The van der Waals surface area contributed by atoms with Gasteiger partial charge in [-0.1, -0.05) is 0 Å². The minimum absolute atomic E-state index is 0.340. The Morgan fingerprint density at radius 2 is 2.07 bits per heavy atom. The zero-order valence-electron chi connectivity index (χ0n) is 9.45. The van der Waals surface area contributed by atoms with Crippen molar-refractivity contribution in [2.24, 2.45) is 0 Å². The van der Waals surface area contributed by atoms with E-state index in [9.17, 15) is 4.79 Å². The van der Waals surface area contributed by atoms with Crippen molar-refractivity contribution in [1.82, 2.24) is 9.80 Å². The number of carbonyl (C=O) groups excluding carboxylic acids is 1. The van der Waals surface area contributed by atoms with Gasteiger partial charge < -0.3 is 4.90 Å². The number of likely N-dealkylation sites (N-methyl/N-ethyl adjacent to an activating group) is 1. The van der Waals surface area contributed by atoms with Crippen molar-refractivity contribution in [3.05, 3.63) is 0 Å². The molecule has 0 aromatic heterocycles. The first-order valence-corrected chi connectivity index (χ1v) is 7.06. The molecule has 3 nitrogen and oxygen atoms in total. The molecule has 0 radical (unpaired) electrons. The number of rotatable bonds is 4. The molecule has 1 saturated heterocycles. The molecule has 1 amide bonds. The van der Waals surface area contributed by atoms with Gasteiger partial charge in [0.25, 0.3) is 0 Å². The Morgan fingerprint density at radius 1 is 1.40 bits per heavy atom. The highest BCUT2D eigenvalue weighted by atomic mass is 32.2. The van der Waals surface area contributed by atoms with E-state index >= 15 is 0 Å². The van der Waals surface area contributed by atoms with Gasteiger partial charge in [-0.2, -0.15) is 11.8 Å². The van der Waals surface area contributed by atoms with Crippen molar-refractivity contribution >= 4 is 17.7 Å². The molecule has 2 fully saturated rings. The van der Waals surface area contributed by atoms with Crippen molar-refractivity contribution in [2.75, 3.05) is 37.7 Å². The van der Waals surface area contributed by atoms with E-state index in [-0.39, 0.29) is 0 Å². The third kappa shape index (κ3) is 3.11. The number of hydrogen-bond acceptors (Lipinski definition) is 3. The Labute approximate surface area is 96.2 Å². The Kier molecular flexibility index (Phi) is 3.92. The maximum Gasteiger partial charge on any atom is 0.236 e. The first-order chi connectivity index (χ1) is 7.31. The molecule has 4 heteroatoms. The van der Waals surface area contributed by atoms with E-state index in [1.165, 1.54) is 24.3 Å². The van der Waals surface area contributed by atoms with Gasteiger partial charge in [0, 0.05) is 37.2 Å². The summed E-state index contributed by atoms with van der Waals surface area (Å²) in [6.45, 7) is 5.77. The quantitative estimate of drug-likeness (QED) is 0.718. The summed E-state index contributed by atoms with van der Waals surface area (Å²) in [5, 5.41) is 0. The Hall–Kier alpha value is -0.220. The molecule has 1 heterocycles. The predicted octanol–water partition coefficient (Wildman–Crippen LogP) is 1.05. The van der Waals surface area contributed by atoms with E-state index in [0.29, 0.717) is 18.5 Å². The molecule has 0 spiro atoms. The largest absolute Gasteiger partial charge is 0.339 e. The monoisotopic (exact) mass is 228 g/mol. The van der Waals surface area contributed by atoms with Crippen LogP contribution in [0.25, 0.3) is 0 Å². The van der Waals surface area contributed by atoms with Crippen LogP contribution in [0.4, 0.5) is 0 Å². The highest BCUT2D eigenvalue weighted by Crippen LogP contribution is 2.26. The number of hydrogen-bond donors (Lipinski definition) is 0. The minimum atomic E-state index is 0.340. The SMILES string of the molecule is CCN(C(=O)CN1CCSCC1)C1CC1. The highest BCUT2D eigenvalue weighted by Gasteiger charge is 2.31. The summed E-state index contributed by atoms with van der Waals surface area (Å²) in [4.78, 5) is 16.4. The fraction of sp³-hybridized carbons (Fsp3) is 0.909. The van der Waals surface area contributed by atoms with Crippen LogP contribution >= 0.6 is 11.8 Å². The lowest BCUT2D eigenvalue weighted by Crippen LogP contribution is -2.44. The standard InChI is InChI=1S/C11H20N2OS/c1-2-13(10-3-4-10)11(14)9-12-5-7-15-8-6-12/h10H,2-9H2,1H3. The molecule has 0 atom stereocenters. The normalized spacial score (nSPS) is 22.7. The molecule has 1 aliphatic heterocycles. The van der Waals surface area contributed by atoms with Gasteiger partial charge in [-0.05, 0) is 19.8 Å². The maximum atomic E-state index is 12.0. The summed E-state index contributed by atoms with van der Waals surface area (Å²) in [6.07, 6.45) is 2.44. The van der Waals surface area contributed by atoms with Crippen molar-refractivity contribution < 1.29 is 4.79 Å². The van der Waals surface area contributed by atoms with Crippen LogP contribution in [-0.2, 0) is 4.79 Å². The van der Waals surface area contributed by atoms with Crippen LogP contribution in [0.1, 0.15) is 19.8 Å². The van der Waals surface area contributed by atoms with E-state index in [4.69, 9.17) is 0 Å². The molecule has 86 valence electrons. The van der Waals surface area contributed by atoms with E-state index in [1.54, 1.807) is 0 Å². The molecule has 0 aromatic carbocycles. The Balaban J connectivity index is 1.78. The molecule has 0 aromatic rings. The maximum absolute atomic E-state index is 12.0. The predicted molar refractivity (Wildman–Crippen MR) is 64.2 cm³/mol. The van der Waals surface area contributed by atoms with E-state index in [2.05, 4.69) is 16.7 Å². The molecule has 0 N–H and O–H groups in total. The van der Waals surface area contributed by atoms with Crippen LogP contribution in [0.15, 0.2) is 0 Å². The highest BCUT2D eigenvalue weighted by molar-refractivity contribution is 7.99. The summed E-state index contributed by atoms with van der Waals surface area (Å²) < 4.78 is 0. The Bertz CT molecular complexity index is 225. The molecule has 0 bridgehead atoms. The lowest BCUT2D eigenvalue weighted by molar-refractivity contribution is -0.132. The zero-order chi connectivity index (χ0) is 10.7. The Morgan fingerprint density at radius 3 is 2.60 bits per heavy atom. The van der Waals surface area contributed by atoms with E-state index in [1.807, 2.05) is 11.8 Å². The lowest BCUT2D eigenvalue weighted by atomic mass is 10.4. The first kappa shape index (κ1) is 11.3. The van der Waals surface area contributed by atoms with Crippen molar-refractivity contribution in [3.63, 3.8) is 0 Å². The molecule has 2 rings (SSSR count). The summed E-state index contributed by atoms with van der Waals surface area (Å²) >= 11 is 1.99. The third-order valence-corrected chi connectivity index (χ3v) is 4.05. The van der Waals surface area contributed by atoms with Gasteiger partial charge in [0.2, 0.25) is 5.91 Å². The summed E-state index contributed by atoms with van der Waals surface area (Å²) in [5.74, 6) is 2.71. The van der Waals surface area contributed by atoms with Gasteiger partial charge in [-0.25, -0.2) is 0 Å². The van der Waals surface area contributed by atoms with Gasteiger partial charge in [-0.3, -0.25) is 9.69 Å². The second kappa shape index (κ2) is 5.21. The average Bonchev–Trinajstić information content (AvgIpc) is 3.04. The summed E-state index contributed by atoms with van der Waals surface area (Å²) in [5.41, 5.74) is 0. The van der Waals surface area contributed by atoms with Crippen LogP contribution in [-0.4, -0.2) is 59.4 Å². The molecule has 1 saturated carbocycles. The summed E-state index contributed by atoms with van der Waals surface area (Å²) in [7, 11) is 0. The van der Waals surface area contributed by atoms with E-state index in [0.717, 1.165) is 19.6 Å². The molecule has 0 unspecified atom stereocenters. The fourth-order valence-corrected chi connectivity index (χ4v) is 3.04. The fourth-order valence-electron chi connectivity index (χ4n) is 2.07. The van der Waals surface area contributed by atoms with Crippen LogP contribution in [0.5, 0.6) is 0 Å².